The van der Waals surface area contributed by atoms with Crippen LogP contribution in [0.1, 0.15) is 15.9 Å². The average molecular weight is 456 g/mol. The molecule has 0 saturated carbocycles. The molecule has 1 N–H and O–H groups in total. The molecule has 3 amide bonds. The van der Waals surface area contributed by atoms with Crippen molar-refractivity contribution < 1.29 is 28.7 Å². The Morgan fingerprint density at radius 2 is 1.64 bits per heavy atom. The van der Waals surface area contributed by atoms with Crippen molar-refractivity contribution in [2.45, 2.75) is 6.61 Å². The fourth-order valence-electron chi connectivity index (χ4n) is 2.56. The summed E-state index contributed by atoms with van der Waals surface area (Å²) in [5.41, 5.74) is 1.17. The highest BCUT2D eigenvalue weighted by Gasteiger charge is 2.25. The number of rotatable bonds is 6. The van der Waals surface area contributed by atoms with Gasteiger partial charge in [-0.2, -0.15) is 0 Å². The summed E-state index contributed by atoms with van der Waals surface area (Å²) >= 11 is 3.01. The van der Waals surface area contributed by atoms with E-state index in [-0.39, 0.29) is 30.3 Å². The molecule has 0 aliphatic carbocycles. The zero-order chi connectivity index (χ0) is 20.5. The van der Waals surface area contributed by atoms with Crippen LogP contribution in [0.15, 0.2) is 24.3 Å². The van der Waals surface area contributed by atoms with Crippen molar-refractivity contribution in [3.63, 3.8) is 0 Å². The number of halogens is 1. The van der Waals surface area contributed by atoms with Crippen molar-refractivity contribution in [3.8, 4) is 0 Å². The van der Waals surface area contributed by atoms with Crippen LogP contribution in [-0.4, -0.2) is 78.8 Å². The largest absolute Gasteiger partial charge is 0.465 e. The molecule has 0 radical (unpaired) electrons. The van der Waals surface area contributed by atoms with Crippen molar-refractivity contribution in [1.29, 1.82) is 0 Å². The minimum Gasteiger partial charge on any atom is -0.465 e. The Kier molecular flexibility index (Phi) is 8.24. The number of carbonyl (C=O) groups is 4. The van der Waals surface area contributed by atoms with Gasteiger partial charge in [-0.05, 0) is 17.7 Å². The van der Waals surface area contributed by atoms with Crippen LogP contribution in [0, 0.1) is 0 Å². The summed E-state index contributed by atoms with van der Waals surface area (Å²) in [4.78, 5) is 49.9. The fourth-order valence-corrected chi connectivity index (χ4v) is 2.76. The highest BCUT2D eigenvalue weighted by Crippen LogP contribution is 2.09. The standard InChI is InChI=1S/C18H22BrN3O6/c1-27-17(25)14-4-2-13(3-5-14)12-28-18(26)22-8-6-21(7-9-22)16(24)11-20-15(23)10-19/h2-5H,6-12H2,1H3,(H,20,23). The zero-order valence-electron chi connectivity index (χ0n) is 15.5. The minimum atomic E-state index is -0.461. The first kappa shape index (κ1) is 21.7. The Labute approximate surface area is 171 Å². The van der Waals surface area contributed by atoms with Crippen molar-refractivity contribution in [2.75, 3.05) is 45.2 Å². The molecule has 1 aliphatic heterocycles. The lowest BCUT2D eigenvalue weighted by atomic mass is 10.1. The van der Waals surface area contributed by atoms with Gasteiger partial charge in [0.1, 0.15) is 6.61 Å². The van der Waals surface area contributed by atoms with E-state index in [4.69, 9.17) is 4.74 Å². The molecule has 1 saturated heterocycles. The van der Waals surface area contributed by atoms with Crippen LogP contribution in [0.25, 0.3) is 0 Å². The summed E-state index contributed by atoms with van der Waals surface area (Å²) in [5, 5.41) is 2.65. The molecule has 28 heavy (non-hydrogen) atoms. The van der Waals surface area contributed by atoms with Gasteiger partial charge in [-0.15, -0.1) is 0 Å². The second kappa shape index (κ2) is 10.6. The molecule has 0 atom stereocenters. The molecule has 9 nitrogen and oxygen atoms in total. The Bertz CT molecular complexity index is 717. The van der Waals surface area contributed by atoms with Crippen LogP contribution in [-0.2, 0) is 25.7 Å². The Balaban J connectivity index is 1.74. The quantitative estimate of drug-likeness (QED) is 0.501. The summed E-state index contributed by atoms with van der Waals surface area (Å²) in [6, 6.07) is 6.59. The number of hydrogen-bond acceptors (Lipinski definition) is 6. The van der Waals surface area contributed by atoms with E-state index in [0.29, 0.717) is 31.7 Å². The first-order valence-corrected chi connectivity index (χ1v) is 9.76. The number of alkyl halides is 1. The number of nitrogens with zero attached hydrogens (tertiary/aromatic N) is 2. The predicted octanol–water partition coefficient (Wildman–Crippen LogP) is 0.765. The van der Waals surface area contributed by atoms with Crippen LogP contribution in [0.5, 0.6) is 0 Å². The minimum absolute atomic E-state index is 0.0591. The van der Waals surface area contributed by atoms with E-state index < -0.39 is 12.1 Å². The molecule has 1 aliphatic rings. The van der Waals surface area contributed by atoms with Crippen LogP contribution in [0.2, 0.25) is 0 Å². The van der Waals surface area contributed by atoms with Gasteiger partial charge in [0, 0.05) is 26.2 Å². The number of amides is 3. The highest BCUT2D eigenvalue weighted by atomic mass is 79.9. The number of methoxy groups -OCH3 is 1. The molecule has 1 aromatic rings. The summed E-state index contributed by atoms with van der Waals surface area (Å²) in [5.74, 6) is -0.870. The first-order chi connectivity index (χ1) is 13.4. The van der Waals surface area contributed by atoms with Gasteiger partial charge in [0.2, 0.25) is 11.8 Å². The lowest BCUT2D eigenvalue weighted by molar-refractivity contribution is -0.133. The topological polar surface area (TPSA) is 105 Å². The Hall–Kier alpha value is -2.62. The number of esters is 1. The Morgan fingerprint density at radius 1 is 1.04 bits per heavy atom. The lowest BCUT2D eigenvalue weighted by Gasteiger charge is -2.34. The third-order valence-electron chi connectivity index (χ3n) is 4.19. The lowest BCUT2D eigenvalue weighted by Crippen LogP contribution is -2.52. The number of carbonyl (C=O) groups excluding carboxylic acids is 4. The molecule has 0 aromatic heterocycles. The van der Waals surface area contributed by atoms with E-state index in [1.165, 1.54) is 12.0 Å². The molecule has 152 valence electrons. The molecule has 0 spiro atoms. The molecule has 2 rings (SSSR count). The van der Waals surface area contributed by atoms with E-state index in [1.54, 1.807) is 29.2 Å². The molecule has 1 aromatic carbocycles. The van der Waals surface area contributed by atoms with Gasteiger partial charge >= 0.3 is 12.1 Å². The van der Waals surface area contributed by atoms with Crippen molar-refractivity contribution in [1.82, 2.24) is 15.1 Å². The maximum absolute atomic E-state index is 12.2. The van der Waals surface area contributed by atoms with E-state index in [2.05, 4.69) is 26.0 Å². The predicted molar refractivity (Wildman–Crippen MR) is 103 cm³/mol. The number of hydrogen-bond donors (Lipinski definition) is 1. The summed E-state index contributed by atoms with van der Waals surface area (Å²) in [6.45, 7) is 1.50. The second-order valence-corrected chi connectivity index (χ2v) is 6.58. The van der Waals surface area contributed by atoms with E-state index in [1.807, 2.05) is 0 Å². The van der Waals surface area contributed by atoms with Crippen LogP contribution in [0.3, 0.4) is 0 Å². The highest BCUT2D eigenvalue weighted by molar-refractivity contribution is 9.09. The van der Waals surface area contributed by atoms with E-state index in [0.717, 1.165) is 5.56 Å². The van der Waals surface area contributed by atoms with Crippen LogP contribution >= 0.6 is 15.9 Å². The molecule has 0 unspecified atom stereocenters. The van der Waals surface area contributed by atoms with Crippen LogP contribution in [0.4, 0.5) is 4.79 Å². The number of nitrogens with one attached hydrogen (secondary N) is 1. The number of piperazine rings is 1. The van der Waals surface area contributed by atoms with Gasteiger partial charge in [-0.1, -0.05) is 28.1 Å². The van der Waals surface area contributed by atoms with Crippen molar-refractivity contribution in [2.24, 2.45) is 0 Å². The maximum atomic E-state index is 12.2. The van der Waals surface area contributed by atoms with Gasteiger partial charge in [0.15, 0.2) is 0 Å². The van der Waals surface area contributed by atoms with Crippen LogP contribution < -0.4 is 5.32 Å². The maximum Gasteiger partial charge on any atom is 0.410 e. The average Bonchev–Trinajstić information content (AvgIpc) is 2.75. The smallest absolute Gasteiger partial charge is 0.410 e. The third kappa shape index (κ3) is 6.22. The number of ether oxygens (including phenoxy) is 2. The second-order valence-electron chi connectivity index (χ2n) is 6.02. The number of benzene rings is 1. The molecule has 1 fully saturated rings. The zero-order valence-corrected chi connectivity index (χ0v) is 17.1. The van der Waals surface area contributed by atoms with Gasteiger partial charge in [0.05, 0.1) is 24.5 Å². The molecule has 10 heteroatoms. The third-order valence-corrected chi connectivity index (χ3v) is 4.70. The SMILES string of the molecule is COC(=O)c1ccc(COC(=O)N2CCN(C(=O)CNC(=O)CBr)CC2)cc1. The Morgan fingerprint density at radius 3 is 2.21 bits per heavy atom. The molecule has 0 bridgehead atoms. The normalized spacial score (nSPS) is 13.6. The van der Waals surface area contributed by atoms with E-state index >= 15 is 0 Å². The van der Waals surface area contributed by atoms with Gasteiger partial charge < -0.3 is 24.6 Å². The van der Waals surface area contributed by atoms with Crippen molar-refractivity contribution in [3.05, 3.63) is 35.4 Å². The molecule has 1 heterocycles. The molecular weight excluding hydrogens is 434 g/mol. The summed E-state index contributed by atoms with van der Waals surface area (Å²) < 4.78 is 9.92. The summed E-state index contributed by atoms with van der Waals surface area (Å²) in [7, 11) is 1.31. The molecular formula is C18H22BrN3O6. The monoisotopic (exact) mass is 455 g/mol. The van der Waals surface area contributed by atoms with Gasteiger partial charge in [-0.3, -0.25) is 9.59 Å². The first-order valence-electron chi connectivity index (χ1n) is 8.64. The van der Waals surface area contributed by atoms with E-state index in [9.17, 15) is 19.2 Å². The fraction of sp³-hybridized carbons (Fsp3) is 0.444. The summed E-state index contributed by atoms with van der Waals surface area (Å²) in [6.07, 6.45) is -0.461. The van der Waals surface area contributed by atoms with Gasteiger partial charge in [0.25, 0.3) is 0 Å². The van der Waals surface area contributed by atoms with Crippen molar-refractivity contribution >= 4 is 39.8 Å². The van der Waals surface area contributed by atoms with Gasteiger partial charge in [-0.25, -0.2) is 9.59 Å².